The summed E-state index contributed by atoms with van der Waals surface area (Å²) in [6.45, 7) is 3.05. The second kappa shape index (κ2) is 7.49. The van der Waals surface area contributed by atoms with Crippen LogP contribution in [0.1, 0.15) is 22.8 Å². The van der Waals surface area contributed by atoms with E-state index in [-0.39, 0.29) is 5.56 Å². The molecule has 0 aliphatic rings. The van der Waals surface area contributed by atoms with Crippen molar-refractivity contribution in [3.8, 4) is 0 Å². The molecular formula is C15H23FN2O3. The number of carbonyl (C=O) groups is 1. The molecule has 1 aromatic carbocycles. The molecule has 6 heteroatoms. The van der Waals surface area contributed by atoms with Crippen molar-refractivity contribution in [2.24, 2.45) is 0 Å². The van der Waals surface area contributed by atoms with Gasteiger partial charge in [-0.3, -0.25) is 0 Å². The molecule has 0 fully saturated rings. The number of nitrogens with one attached hydrogen (secondary N) is 1. The van der Waals surface area contributed by atoms with Crippen LogP contribution >= 0.6 is 0 Å². The Bertz CT molecular complexity index is 490. The Kier molecular flexibility index (Phi) is 6.26. The number of hydrogen-bond acceptors (Lipinski definition) is 5. The lowest BCUT2D eigenvalue weighted by Crippen LogP contribution is -2.45. The predicted octanol–water partition coefficient (Wildman–Crippen LogP) is 1.01. The highest BCUT2D eigenvalue weighted by Gasteiger charge is 2.20. The SMILES string of the molecule is COC(=O)c1ccc(CNCC(C)(O)CN(C)C)cc1F. The molecule has 1 unspecified atom stereocenters. The molecule has 1 atom stereocenters. The molecule has 21 heavy (non-hydrogen) atoms. The normalized spacial score (nSPS) is 14.0. The zero-order chi connectivity index (χ0) is 16.0. The summed E-state index contributed by atoms with van der Waals surface area (Å²) in [5, 5.41) is 13.2. The van der Waals surface area contributed by atoms with Gasteiger partial charge < -0.3 is 20.1 Å². The quantitative estimate of drug-likeness (QED) is 0.736. The Balaban J connectivity index is 2.57. The van der Waals surface area contributed by atoms with Crippen molar-refractivity contribution >= 4 is 5.97 Å². The van der Waals surface area contributed by atoms with Gasteiger partial charge >= 0.3 is 5.97 Å². The van der Waals surface area contributed by atoms with E-state index in [1.165, 1.54) is 19.2 Å². The highest BCUT2D eigenvalue weighted by Crippen LogP contribution is 2.12. The van der Waals surface area contributed by atoms with E-state index in [4.69, 9.17) is 0 Å². The van der Waals surface area contributed by atoms with Crippen molar-refractivity contribution in [1.29, 1.82) is 0 Å². The van der Waals surface area contributed by atoms with Gasteiger partial charge in [0.2, 0.25) is 0 Å². The Morgan fingerprint density at radius 2 is 2.14 bits per heavy atom. The molecule has 0 heterocycles. The standard InChI is InChI=1S/C15H23FN2O3/c1-15(20,10-18(2)3)9-17-8-11-5-6-12(13(16)7-11)14(19)21-4/h5-7,17,20H,8-10H2,1-4H3. The lowest BCUT2D eigenvalue weighted by molar-refractivity contribution is 0.0336. The van der Waals surface area contributed by atoms with Gasteiger partial charge in [-0.2, -0.15) is 0 Å². The third kappa shape index (κ3) is 5.79. The fourth-order valence-corrected chi connectivity index (χ4v) is 2.16. The van der Waals surface area contributed by atoms with Gasteiger partial charge in [-0.15, -0.1) is 0 Å². The number of halogens is 1. The summed E-state index contributed by atoms with van der Waals surface area (Å²) in [6.07, 6.45) is 0. The Labute approximate surface area is 124 Å². The number of esters is 1. The number of nitrogens with zero attached hydrogens (tertiary/aromatic N) is 1. The Hall–Kier alpha value is -1.50. The molecule has 0 aliphatic heterocycles. The van der Waals surface area contributed by atoms with Crippen LogP contribution in [0.15, 0.2) is 18.2 Å². The summed E-state index contributed by atoms with van der Waals surface area (Å²) in [5.41, 5.74) is -0.254. The first-order valence-electron chi connectivity index (χ1n) is 6.70. The number of aliphatic hydroxyl groups is 1. The third-order valence-corrected chi connectivity index (χ3v) is 2.93. The molecule has 0 aromatic heterocycles. The number of hydrogen-bond donors (Lipinski definition) is 2. The largest absolute Gasteiger partial charge is 0.465 e. The van der Waals surface area contributed by atoms with Crippen LogP contribution in [-0.2, 0) is 11.3 Å². The minimum atomic E-state index is -0.867. The molecule has 1 rings (SSSR count). The first-order chi connectivity index (χ1) is 9.75. The number of likely N-dealkylation sites (N-methyl/N-ethyl adjacent to an activating group) is 1. The zero-order valence-electron chi connectivity index (χ0n) is 12.9. The maximum Gasteiger partial charge on any atom is 0.340 e. The van der Waals surface area contributed by atoms with Crippen LogP contribution in [0.3, 0.4) is 0 Å². The summed E-state index contributed by atoms with van der Waals surface area (Å²) in [6, 6.07) is 4.35. The number of carbonyl (C=O) groups excluding carboxylic acids is 1. The van der Waals surface area contributed by atoms with Crippen molar-refractivity contribution < 1.29 is 19.0 Å². The first kappa shape index (κ1) is 17.6. The van der Waals surface area contributed by atoms with E-state index >= 15 is 0 Å². The summed E-state index contributed by atoms with van der Waals surface area (Å²) >= 11 is 0. The molecule has 2 N–H and O–H groups in total. The fraction of sp³-hybridized carbons (Fsp3) is 0.533. The van der Waals surface area contributed by atoms with E-state index in [1.807, 2.05) is 19.0 Å². The number of rotatable bonds is 7. The molecule has 0 aliphatic carbocycles. The predicted molar refractivity (Wildman–Crippen MR) is 78.6 cm³/mol. The first-order valence-corrected chi connectivity index (χ1v) is 6.70. The fourth-order valence-electron chi connectivity index (χ4n) is 2.16. The average molecular weight is 298 g/mol. The molecule has 0 amide bonds. The molecule has 0 radical (unpaired) electrons. The summed E-state index contributed by atoms with van der Waals surface area (Å²) < 4.78 is 18.2. The average Bonchev–Trinajstić information content (AvgIpc) is 2.36. The topological polar surface area (TPSA) is 61.8 Å². The highest BCUT2D eigenvalue weighted by molar-refractivity contribution is 5.89. The van der Waals surface area contributed by atoms with E-state index in [1.54, 1.807) is 13.0 Å². The Morgan fingerprint density at radius 1 is 1.48 bits per heavy atom. The van der Waals surface area contributed by atoms with Gasteiger partial charge in [-0.05, 0) is 38.7 Å². The third-order valence-electron chi connectivity index (χ3n) is 2.93. The molecule has 0 spiro atoms. The summed E-state index contributed by atoms with van der Waals surface area (Å²) in [5.74, 6) is -1.30. The van der Waals surface area contributed by atoms with Crippen LogP contribution in [0.5, 0.6) is 0 Å². The van der Waals surface area contributed by atoms with Crippen LogP contribution in [0, 0.1) is 5.82 Å². The van der Waals surface area contributed by atoms with Crippen molar-refractivity contribution in [3.63, 3.8) is 0 Å². The van der Waals surface area contributed by atoms with Crippen LogP contribution in [0.4, 0.5) is 4.39 Å². The van der Waals surface area contributed by atoms with Crippen LogP contribution in [0.2, 0.25) is 0 Å². The minimum Gasteiger partial charge on any atom is -0.465 e. The van der Waals surface area contributed by atoms with Gasteiger partial charge in [-0.25, -0.2) is 9.18 Å². The lowest BCUT2D eigenvalue weighted by Gasteiger charge is -2.27. The van der Waals surface area contributed by atoms with Crippen LogP contribution in [-0.4, -0.2) is 55.9 Å². The molecule has 0 saturated carbocycles. The van der Waals surface area contributed by atoms with Crippen LogP contribution < -0.4 is 5.32 Å². The van der Waals surface area contributed by atoms with Crippen LogP contribution in [0.25, 0.3) is 0 Å². The van der Waals surface area contributed by atoms with E-state index in [0.29, 0.717) is 25.2 Å². The molecule has 118 valence electrons. The minimum absolute atomic E-state index is 0.0825. The lowest BCUT2D eigenvalue weighted by atomic mass is 10.1. The monoisotopic (exact) mass is 298 g/mol. The summed E-state index contributed by atoms with van der Waals surface area (Å²) in [7, 11) is 4.98. The maximum atomic E-state index is 13.7. The maximum absolute atomic E-state index is 13.7. The van der Waals surface area contributed by atoms with Gasteiger partial charge in [0.15, 0.2) is 0 Å². The number of ether oxygens (including phenoxy) is 1. The molecular weight excluding hydrogens is 275 g/mol. The van der Waals surface area contributed by atoms with Crippen molar-refractivity contribution in [2.45, 2.75) is 19.1 Å². The zero-order valence-corrected chi connectivity index (χ0v) is 12.9. The van der Waals surface area contributed by atoms with Crippen molar-refractivity contribution in [2.75, 3.05) is 34.3 Å². The number of benzene rings is 1. The molecule has 5 nitrogen and oxygen atoms in total. The van der Waals surface area contributed by atoms with E-state index in [9.17, 15) is 14.3 Å². The van der Waals surface area contributed by atoms with Gasteiger partial charge in [0.1, 0.15) is 5.82 Å². The van der Waals surface area contributed by atoms with Crippen molar-refractivity contribution in [1.82, 2.24) is 10.2 Å². The molecule has 0 saturated heterocycles. The second-order valence-corrected chi connectivity index (χ2v) is 5.64. The van der Waals surface area contributed by atoms with Gasteiger partial charge in [0.05, 0.1) is 18.3 Å². The number of methoxy groups -OCH3 is 1. The summed E-state index contributed by atoms with van der Waals surface area (Å²) in [4.78, 5) is 13.2. The van der Waals surface area contributed by atoms with Crippen molar-refractivity contribution in [3.05, 3.63) is 35.1 Å². The van der Waals surface area contributed by atoms with Gasteiger partial charge in [0, 0.05) is 19.6 Å². The van der Waals surface area contributed by atoms with E-state index in [2.05, 4.69) is 10.1 Å². The smallest absolute Gasteiger partial charge is 0.340 e. The highest BCUT2D eigenvalue weighted by atomic mass is 19.1. The van der Waals surface area contributed by atoms with E-state index in [0.717, 1.165) is 0 Å². The molecule has 1 aromatic rings. The second-order valence-electron chi connectivity index (χ2n) is 5.64. The van der Waals surface area contributed by atoms with Gasteiger partial charge in [0.25, 0.3) is 0 Å². The molecule has 0 bridgehead atoms. The van der Waals surface area contributed by atoms with E-state index < -0.39 is 17.4 Å². The Morgan fingerprint density at radius 3 is 2.67 bits per heavy atom. The van der Waals surface area contributed by atoms with Gasteiger partial charge in [-0.1, -0.05) is 6.07 Å².